The van der Waals surface area contributed by atoms with E-state index in [2.05, 4.69) is 49.0 Å². The van der Waals surface area contributed by atoms with Crippen LogP contribution in [0.25, 0.3) is 0 Å². The monoisotopic (exact) mass is 1700 g/mol. The van der Waals surface area contributed by atoms with E-state index >= 15 is 0 Å². The predicted octanol–water partition coefficient (Wildman–Crippen LogP) is 1.56. The summed E-state index contributed by atoms with van der Waals surface area (Å²) in [6.07, 6.45) is -0.392. The molecule has 8 fully saturated rings. The van der Waals surface area contributed by atoms with Crippen LogP contribution >= 0.6 is 93.5 Å². The van der Waals surface area contributed by atoms with E-state index in [1.54, 1.807) is 52.7 Å². The number of likely N-dealkylation sites (N-methyl/N-ethyl adjacent to an activating group) is 4. The van der Waals surface area contributed by atoms with Gasteiger partial charge in [-0.05, 0) is 156 Å². The van der Waals surface area contributed by atoms with E-state index in [0.29, 0.717) is 23.7 Å². The second kappa shape index (κ2) is 46.7. The van der Waals surface area contributed by atoms with E-state index in [4.69, 9.17) is 65.4 Å². The van der Waals surface area contributed by atoms with E-state index in [1.807, 2.05) is 47.8 Å². The summed E-state index contributed by atoms with van der Waals surface area (Å²) >= 11 is 30.2. The predicted molar refractivity (Wildman–Crippen MR) is 428 cm³/mol. The minimum Gasteiger partial charge on any atom is -0.388 e. The molecule has 0 spiro atoms. The number of nitrogens with zero attached hydrogens (tertiary/aromatic N) is 4. The fraction of sp³-hybridized carbons (Fsp3) is 0.944. The Labute approximate surface area is 677 Å². The molecule has 8 aliphatic heterocycles. The highest BCUT2D eigenvalue weighted by molar-refractivity contribution is 7.99. The Morgan fingerprint density at radius 3 is 0.639 bits per heavy atom. The molecule has 36 heteroatoms. The number of rotatable bonds is 28. The molecule has 8 heterocycles. The van der Waals surface area contributed by atoms with E-state index in [1.165, 1.54) is 47.0 Å². The van der Waals surface area contributed by atoms with Crippen molar-refractivity contribution >= 4 is 117 Å². The molecule has 8 saturated heterocycles. The Morgan fingerprint density at radius 1 is 0.333 bits per heavy atom. The number of thioether (sulfide) groups is 4. The molecule has 16 N–H and O–H groups in total. The molecule has 632 valence electrons. The summed E-state index contributed by atoms with van der Waals surface area (Å²) in [4.78, 5) is 59.8. The first-order chi connectivity index (χ1) is 50.8. The number of alkyl halides is 4. The standard InChI is InChI=1S/4C18H33ClN2O5S/c4*1-5-6-10-7-11(21(3)8-10)17(25)20-12(9(2)19)16-14(23)13(22)15(24)18(26-16)27-4/h4*9-16,18,22-24H,5-8H2,1-4H3,(H,20,25)/t4*9-,10+,11-,12+,13-,14+,15+,16+,18+/m0000/s1. The van der Waals surface area contributed by atoms with Crippen LogP contribution in [0.15, 0.2) is 0 Å². The van der Waals surface area contributed by atoms with Gasteiger partial charge in [-0.15, -0.1) is 93.5 Å². The maximum absolute atomic E-state index is 12.9. The van der Waals surface area contributed by atoms with Gasteiger partial charge in [0, 0.05) is 26.2 Å². The summed E-state index contributed by atoms with van der Waals surface area (Å²) in [6, 6.07) is -3.73. The minimum absolute atomic E-state index is 0.147. The molecule has 4 amide bonds. The van der Waals surface area contributed by atoms with Gasteiger partial charge in [-0.2, -0.15) is 0 Å². The van der Waals surface area contributed by atoms with Crippen LogP contribution in [0.1, 0.15) is 132 Å². The van der Waals surface area contributed by atoms with Gasteiger partial charge < -0.3 is 101 Å². The van der Waals surface area contributed by atoms with Crippen LogP contribution < -0.4 is 21.3 Å². The van der Waals surface area contributed by atoms with E-state index in [0.717, 1.165) is 103 Å². The Balaban J connectivity index is 0.000000258. The van der Waals surface area contributed by atoms with Crippen LogP contribution in [0.5, 0.6) is 0 Å². The second-order valence-electron chi connectivity index (χ2n) is 30.9. The van der Waals surface area contributed by atoms with Gasteiger partial charge in [0.25, 0.3) is 0 Å². The SMILES string of the molecule is CCC[C@@H]1C[C@@H](C(=O)N[C@@H]([C@H]2O[C@H](SC)[C@H](O)[C@@H](O)[C@H]2O)[C@H](C)Cl)N(C)C1.CCC[C@@H]1C[C@@H](C(=O)N[C@@H]([C@H]2O[C@H](SC)[C@H](O)[C@@H](O)[C@H]2O)[C@H](C)Cl)N(C)C1.CCC[C@@H]1C[C@@H](C(=O)N[C@@H]([C@H]2O[C@H](SC)[C@H](O)[C@@H](O)[C@H]2O)[C@H](C)Cl)N(C)C1.CCC[C@@H]1C[C@@H](C(=O)N[C@@H]([C@H]2O[C@H](SC)[C@H](O)[C@@H](O)[C@H]2O)[C@H](C)Cl)N(C)C1. The maximum Gasteiger partial charge on any atom is 0.237 e. The Hall–Kier alpha value is -0.360. The highest BCUT2D eigenvalue weighted by Crippen LogP contribution is 2.37. The molecule has 8 rings (SSSR count). The maximum atomic E-state index is 12.9. The Morgan fingerprint density at radius 2 is 0.500 bits per heavy atom. The Kier molecular flexibility index (Phi) is 42.5. The lowest BCUT2D eigenvalue weighted by molar-refractivity contribution is -0.205. The summed E-state index contributed by atoms with van der Waals surface area (Å²) in [7, 11) is 7.76. The molecule has 28 nitrogen and oxygen atoms in total. The number of hydrogen-bond donors (Lipinski definition) is 16. The van der Waals surface area contributed by atoms with Crippen molar-refractivity contribution in [3.05, 3.63) is 0 Å². The van der Waals surface area contributed by atoms with Crippen molar-refractivity contribution in [2.24, 2.45) is 23.7 Å². The van der Waals surface area contributed by atoms with Gasteiger partial charge in [0.1, 0.15) is 119 Å². The van der Waals surface area contributed by atoms with Crippen molar-refractivity contribution in [3.63, 3.8) is 0 Å². The molecular formula is C72H132Cl4N8O20S4. The molecule has 0 aromatic rings. The zero-order valence-corrected chi connectivity index (χ0v) is 72.0. The lowest BCUT2D eigenvalue weighted by Gasteiger charge is -2.44. The topological polar surface area (TPSA) is 409 Å². The van der Waals surface area contributed by atoms with Gasteiger partial charge in [0.05, 0.1) is 69.8 Å². The average Bonchev–Trinajstić information content (AvgIpc) is 1.03. The van der Waals surface area contributed by atoms with Crippen LogP contribution in [0.4, 0.5) is 0 Å². The second-order valence-corrected chi connectivity index (χ2v) is 37.4. The normalized spacial score (nSPS) is 39.9. The van der Waals surface area contributed by atoms with Crippen LogP contribution in [-0.2, 0) is 38.1 Å². The van der Waals surface area contributed by atoms with E-state index in [9.17, 15) is 80.5 Å². The number of halogens is 4. The minimum atomic E-state index is -1.36. The number of hydrogen-bond acceptors (Lipinski definition) is 28. The van der Waals surface area contributed by atoms with Crippen LogP contribution in [0.2, 0.25) is 0 Å². The van der Waals surface area contributed by atoms with Gasteiger partial charge in [-0.3, -0.25) is 38.8 Å². The third-order valence-electron chi connectivity index (χ3n) is 22.5. The molecule has 108 heavy (non-hydrogen) atoms. The summed E-state index contributed by atoms with van der Waals surface area (Å²) in [5.41, 5.74) is -2.81. The fourth-order valence-corrected chi connectivity index (χ4v) is 20.0. The third-order valence-corrected chi connectivity index (χ3v) is 27.0. The summed E-state index contributed by atoms with van der Waals surface area (Å²) < 4.78 is 23.2. The molecular weight excluding hydrogens is 1570 g/mol. The van der Waals surface area contributed by atoms with Crippen LogP contribution in [0.3, 0.4) is 0 Å². The molecule has 0 aromatic heterocycles. The van der Waals surface area contributed by atoms with Gasteiger partial charge in [-0.25, -0.2) is 0 Å². The summed E-state index contributed by atoms with van der Waals surface area (Å²) in [5.74, 6) is 1.40. The highest BCUT2D eigenvalue weighted by atomic mass is 35.5. The number of aliphatic hydroxyl groups is 12. The molecule has 0 aliphatic carbocycles. The van der Waals surface area contributed by atoms with Gasteiger partial charge in [0.2, 0.25) is 23.6 Å². The number of nitrogens with one attached hydrogen (secondary N) is 4. The zero-order valence-electron chi connectivity index (χ0n) is 65.7. The lowest BCUT2D eigenvalue weighted by atomic mass is 9.92. The van der Waals surface area contributed by atoms with Crippen LogP contribution in [-0.4, -0.2) is 373 Å². The van der Waals surface area contributed by atoms with Crippen molar-refractivity contribution in [3.8, 4) is 0 Å². The van der Waals surface area contributed by atoms with Crippen molar-refractivity contribution in [1.29, 1.82) is 0 Å². The highest BCUT2D eigenvalue weighted by Gasteiger charge is 2.54. The fourth-order valence-electron chi connectivity index (χ4n) is 16.5. The number of amides is 4. The summed E-state index contributed by atoms with van der Waals surface area (Å²) in [6.45, 7) is 19.0. The van der Waals surface area contributed by atoms with Gasteiger partial charge in [0.15, 0.2) is 0 Å². The molecule has 0 saturated carbocycles. The van der Waals surface area contributed by atoms with Gasteiger partial charge >= 0.3 is 0 Å². The molecule has 0 bridgehead atoms. The quantitative estimate of drug-likeness (QED) is 0.0494. The lowest BCUT2D eigenvalue weighted by Crippen LogP contribution is -2.65. The van der Waals surface area contributed by atoms with Crippen molar-refractivity contribution in [2.45, 2.75) is 322 Å². The number of carbonyl (C=O) groups is 4. The first kappa shape index (κ1) is 98.2. The first-order valence-corrected chi connectivity index (χ1v) is 45.2. The van der Waals surface area contributed by atoms with Crippen LogP contribution in [0, 0.1) is 23.7 Å². The summed E-state index contributed by atoms with van der Waals surface area (Å²) in [5, 5.41) is 132. The molecule has 8 aliphatic rings. The van der Waals surface area contributed by atoms with Crippen molar-refractivity contribution in [1.82, 2.24) is 40.9 Å². The number of aliphatic hydroxyl groups excluding tert-OH is 12. The largest absolute Gasteiger partial charge is 0.388 e. The first-order valence-electron chi connectivity index (χ1n) is 38.3. The smallest absolute Gasteiger partial charge is 0.237 e. The van der Waals surface area contributed by atoms with Crippen molar-refractivity contribution in [2.75, 3.05) is 79.4 Å². The number of ether oxygens (including phenoxy) is 4. The zero-order chi connectivity index (χ0) is 81.2. The molecule has 0 unspecified atom stereocenters. The molecule has 0 radical (unpaired) electrons. The van der Waals surface area contributed by atoms with E-state index in [-0.39, 0.29) is 47.8 Å². The molecule has 0 aromatic carbocycles. The van der Waals surface area contributed by atoms with E-state index < -0.39 is 165 Å². The number of carbonyl (C=O) groups excluding carboxylic acids is 4. The Bertz CT molecular complexity index is 2340. The number of likely N-dealkylation sites (tertiary alicyclic amines) is 4. The van der Waals surface area contributed by atoms with Crippen molar-refractivity contribution < 1.29 is 99.4 Å². The third kappa shape index (κ3) is 25.8. The average molecular weight is 1700 g/mol. The molecule has 36 atom stereocenters. The van der Waals surface area contributed by atoms with Gasteiger partial charge in [-0.1, -0.05) is 53.4 Å².